The maximum absolute atomic E-state index is 12.9. The van der Waals surface area contributed by atoms with E-state index in [9.17, 15) is 13.2 Å². The van der Waals surface area contributed by atoms with Crippen LogP contribution in [-0.4, -0.2) is 44.8 Å². The topological polar surface area (TPSA) is 69.7 Å². The zero-order valence-electron chi connectivity index (χ0n) is 17.0. The van der Waals surface area contributed by atoms with Crippen molar-refractivity contribution in [2.24, 2.45) is 5.92 Å². The fourth-order valence-corrected chi connectivity index (χ4v) is 4.96. The minimum atomic E-state index is -3.57. The first-order valence-electron chi connectivity index (χ1n) is 9.98. The Kier molecular flexibility index (Phi) is 7.68. The number of amides is 1. The van der Waals surface area contributed by atoms with Crippen molar-refractivity contribution in [1.29, 1.82) is 0 Å². The lowest BCUT2D eigenvalue weighted by Gasteiger charge is -2.31. The molecule has 0 bridgehead atoms. The van der Waals surface area contributed by atoms with E-state index in [2.05, 4.69) is 10.2 Å². The maximum Gasteiger partial charge on any atom is 0.243 e. The monoisotopic (exact) mass is 395 g/mol. The average molecular weight is 396 g/mol. The van der Waals surface area contributed by atoms with Crippen LogP contribution in [-0.2, 0) is 14.8 Å². The van der Waals surface area contributed by atoms with Gasteiger partial charge in [-0.25, -0.2) is 8.42 Å². The molecule has 0 unspecified atom stereocenters. The number of nitrogens with zero attached hydrogens (tertiary/aromatic N) is 2. The first kappa shape index (κ1) is 21.7. The van der Waals surface area contributed by atoms with Gasteiger partial charge in [-0.05, 0) is 43.4 Å². The maximum atomic E-state index is 12.9. The molecule has 0 atom stereocenters. The molecule has 1 heterocycles. The number of anilines is 2. The van der Waals surface area contributed by atoms with Gasteiger partial charge in [-0.1, -0.05) is 27.7 Å². The standard InChI is InChI=1S/C20H33N3O3S/c1-5-23(6-2)27(25,26)17-10-11-19(22-12-8-7-9-13-22)18(15-17)21-20(24)14-16(3)4/h10-11,15-16H,5-9,12-14H2,1-4H3,(H,21,24). The first-order chi connectivity index (χ1) is 12.8. The van der Waals surface area contributed by atoms with Crippen molar-refractivity contribution in [2.45, 2.75) is 58.3 Å². The number of nitrogens with one attached hydrogen (secondary N) is 1. The lowest BCUT2D eigenvalue weighted by molar-refractivity contribution is -0.116. The smallest absolute Gasteiger partial charge is 0.243 e. The molecular formula is C20H33N3O3S. The molecule has 0 aromatic heterocycles. The molecule has 0 aliphatic carbocycles. The number of carbonyl (C=O) groups excluding carboxylic acids is 1. The summed E-state index contributed by atoms with van der Waals surface area (Å²) >= 11 is 0. The Morgan fingerprint density at radius 2 is 1.78 bits per heavy atom. The number of benzene rings is 1. The zero-order chi connectivity index (χ0) is 20.0. The molecule has 27 heavy (non-hydrogen) atoms. The second-order valence-electron chi connectivity index (χ2n) is 7.46. The molecule has 2 rings (SSSR count). The van der Waals surface area contributed by atoms with Gasteiger partial charge in [-0.3, -0.25) is 4.79 Å². The SMILES string of the molecule is CCN(CC)S(=O)(=O)c1ccc(N2CCCCC2)c(NC(=O)CC(C)C)c1. The highest BCUT2D eigenvalue weighted by Crippen LogP contribution is 2.32. The molecule has 1 aromatic carbocycles. The third kappa shape index (κ3) is 5.45. The quantitative estimate of drug-likeness (QED) is 0.729. The average Bonchev–Trinajstić information content (AvgIpc) is 2.62. The van der Waals surface area contributed by atoms with Gasteiger partial charge in [-0.15, -0.1) is 0 Å². The summed E-state index contributed by atoms with van der Waals surface area (Å²) in [5, 5.41) is 2.96. The molecule has 0 spiro atoms. The highest BCUT2D eigenvalue weighted by Gasteiger charge is 2.24. The van der Waals surface area contributed by atoms with Gasteiger partial charge in [0.2, 0.25) is 15.9 Å². The van der Waals surface area contributed by atoms with Gasteiger partial charge in [-0.2, -0.15) is 4.31 Å². The van der Waals surface area contributed by atoms with Gasteiger partial charge >= 0.3 is 0 Å². The molecule has 0 saturated carbocycles. The molecule has 7 heteroatoms. The first-order valence-corrected chi connectivity index (χ1v) is 11.4. The van der Waals surface area contributed by atoms with Crippen molar-refractivity contribution >= 4 is 27.3 Å². The molecule has 6 nitrogen and oxygen atoms in total. The Bertz CT molecular complexity index is 737. The molecule has 1 N–H and O–H groups in total. The highest BCUT2D eigenvalue weighted by molar-refractivity contribution is 7.89. The predicted octanol–water partition coefficient (Wildman–Crippen LogP) is 3.69. The van der Waals surface area contributed by atoms with Crippen molar-refractivity contribution in [1.82, 2.24) is 4.31 Å². The van der Waals surface area contributed by atoms with Crippen molar-refractivity contribution in [3.8, 4) is 0 Å². The summed E-state index contributed by atoms with van der Waals surface area (Å²) in [6.07, 6.45) is 3.84. The van der Waals surface area contributed by atoms with Crippen molar-refractivity contribution in [3.63, 3.8) is 0 Å². The molecule has 0 radical (unpaired) electrons. The largest absolute Gasteiger partial charge is 0.370 e. The molecule has 1 aromatic rings. The van der Waals surface area contributed by atoms with Crippen molar-refractivity contribution < 1.29 is 13.2 Å². The second-order valence-corrected chi connectivity index (χ2v) is 9.40. The van der Waals surface area contributed by atoms with E-state index in [0.717, 1.165) is 31.6 Å². The van der Waals surface area contributed by atoms with E-state index in [0.29, 0.717) is 25.2 Å². The Labute approximate surface area is 164 Å². The fraction of sp³-hybridized carbons (Fsp3) is 0.650. The van der Waals surface area contributed by atoms with Crippen LogP contribution in [0.2, 0.25) is 0 Å². The molecule has 1 aliphatic rings. The molecule has 1 saturated heterocycles. The minimum Gasteiger partial charge on any atom is -0.370 e. The van der Waals surface area contributed by atoms with Crippen LogP contribution in [0.4, 0.5) is 11.4 Å². The number of hydrogen-bond acceptors (Lipinski definition) is 4. The van der Waals surface area contributed by atoms with Gasteiger partial charge in [0.1, 0.15) is 0 Å². The van der Waals surface area contributed by atoms with Crippen LogP contribution in [0.3, 0.4) is 0 Å². The molecule has 1 aliphatic heterocycles. The number of piperidine rings is 1. The Hall–Kier alpha value is -1.60. The lowest BCUT2D eigenvalue weighted by atomic mass is 10.1. The summed E-state index contributed by atoms with van der Waals surface area (Å²) in [5.74, 6) is 0.159. The van der Waals surface area contributed by atoms with Crippen molar-refractivity contribution in [3.05, 3.63) is 18.2 Å². The summed E-state index contributed by atoms with van der Waals surface area (Å²) < 4.78 is 27.2. The summed E-state index contributed by atoms with van der Waals surface area (Å²) in [6.45, 7) is 10.3. The van der Waals surface area contributed by atoms with Crippen LogP contribution in [0.5, 0.6) is 0 Å². The Morgan fingerprint density at radius 1 is 1.15 bits per heavy atom. The summed E-state index contributed by atoms with van der Waals surface area (Å²) in [5.41, 5.74) is 1.50. The number of hydrogen-bond donors (Lipinski definition) is 1. The Morgan fingerprint density at radius 3 is 2.33 bits per heavy atom. The number of carbonyl (C=O) groups is 1. The third-order valence-electron chi connectivity index (χ3n) is 4.88. The normalized spacial score (nSPS) is 15.4. The summed E-state index contributed by atoms with van der Waals surface area (Å²) in [4.78, 5) is 14.8. The van der Waals surface area contributed by atoms with E-state index in [-0.39, 0.29) is 16.7 Å². The fourth-order valence-electron chi connectivity index (χ4n) is 3.47. The van der Waals surface area contributed by atoms with E-state index >= 15 is 0 Å². The number of rotatable bonds is 8. The summed E-state index contributed by atoms with van der Waals surface area (Å²) in [6, 6.07) is 5.12. The molecular weight excluding hydrogens is 362 g/mol. The third-order valence-corrected chi connectivity index (χ3v) is 6.92. The van der Waals surface area contributed by atoms with Crippen LogP contribution in [0, 0.1) is 5.92 Å². The zero-order valence-corrected chi connectivity index (χ0v) is 17.8. The minimum absolute atomic E-state index is 0.0827. The van der Waals surface area contributed by atoms with Crippen LogP contribution >= 0.6 is 0 Å². The number of sulfonamides is 1. The van der Waals surface area contributed by atoms with E-state index in [1.165, 1.54) is 10.7 Å². The predicted molar refractivity (Wildman–Crippen MR) is 111 cm³/mol. The van der Waals surface area contributed by atoms with Crippen LogP contribution in [0.1, 0.15) is 53.4 Å². The van der Waals surface area contributed by atoms with Gasteiger partial charge in [0, 0.05) is 32.6 Å². The molecule has 1 amide bonds. The van der Waals surface area contributed by atoms with E-state index in [1.54, 1.807) is 12.1 Å². The van der Waals surface area contributed by atoms with Gasteiger partial charge in [0.05, 0.1) is 16.3 Å². The van der Waals surface area contributed by atoms with E-state index in [1.807, 2.05) is 33.8 Å². The molecule has 1 fully saturated rings. The van der Waals surface area contributed by atoms with Gasteiger partial charge < -0.3 is 10.2 Å². The summed E-state index contributed by atoms with van der Waals surface area (Å²) in [7, 11) is -3.57. The van der Waals surface area contributed by atoms with Gasteiger partial charge in [0.25, 0.3) is 0 Å². The van der Waals surface area contributed by atoms with Crippen LogP contribution in [0.25, 0.3) is 0 Å². The van der Waals surface area contributed by atoms with Gasteiger partial charge in [0.15, 0.2) is 0 Å². The highest BCUT2D eigenvalue weighted by atomic mass is 32.2. The van der Waals surface area contributed by atoms with E-state index < -0.39 is 10.0 Å². The van der Waals surface area contributed by atoms with Crippen LogP contribution < -0.4 is 10.2 Å². The van der Waals surface area contributed by atoms with Crippen molar-refractivity contribution in [2.75, 3.05) is 36.4 Å². The lowest BCUT2D eigenvalue weighted by Crippen LogP contribution is -2.32. The van der Waals surface area contributed by atoms with Crippen LogP contribution in [0.15, 0.2) is 23.1 Å². The van der Waals surface area contributed by atoms with E-state index in [4.69, 9.17) is 0 Å². The molecule has 152 valence electrons. The second kappa shape index (κ2) is 9.55. The Balaban J connectivity index is 2.41.